The van der Waals surface area contributed by atoms with Crippen molar-refractivity contribution in [2.75, 3.05) is 0 Å². The molecule has 0 saturated carbocycles. The molecule has 2 rings (SSSR count). The van der Waals surface area contributed by atoms with E-state index in [2.05, 4.69) is 0 Å². The topological polar surface area (TPSA) is 43.4 Å². The van der Waals surface area contributed by atoms with E-state index in [1.807, 2.05) is 44.2 Å². The molecule has 3 atom stereocenters. The maximum Gasteiger partial charge on any atom is 0.318 e. The van der Waals surface area contributed by atoms with Crippen LogP contribution in [0, 0.1) is 11.8 Å². The molecule has 1 heterocycles. The Kier molecular flexibility index (Phi) is 3.24. The Labute approximate surface area is 107 Å². The van der Waals surface area contributed by atoms with Crippen LogP contribution in [0.5, 0.6) is 0 Å². The fourth-order valence-electron chi connectivity index (χ4n) is 2.83. The Hall–Kier alpha value is -1.64. The van der Waals surface area contributed by atoms with Crippen LogP contribution in [0.4, 0.5) is 0 Å². The van der Waals surface area contributed by atoms with Gasteiger partial charge < -0.3 is 4.74 Å². The molecule has 1 saturated heterocycles. The van der Waals surface area contributed by atoms with Gasteiger partial charge in [-0.2, -0.15) is 0 Å². The minimum atomic E-state index is -0.402. The second-order valence-corrected chi connectivity index (χ2v) is 5.14. The van der Waals surface area contributed by atoms with Crippen LogP contribution >= 0.6 is 0 Å². The van der Waals surface area contributed by atoms with Crippen molar-refractivity contribution in [2.24, 2.45) is 11.8 Å². The number of cyclic esters (lactones) is 2. The molecule has 3 nitrogen and oxygen atoms in total. The summed E-state index contributed by atoms with van der Waals surface area (Å²) < 4.78 is 4.78. The van der Waals surface area contributed by atoms with Gasteiger partial charge in [0.05, 0.1) is 11.8 Å². The highest BCUT2D eigenvalue weighted by Gasteiger charge is 2.51. The summed E-state index contributed by atoms with van der Waals surface area (Å²) in [7, 11) is 0. The minimum absolute atomic E-state index is 0.357. The molecule has 0 spiro atoms. The zero-order chi connectivity index (χ0) is 13.3. The van der Waals surface area contributed by atoms with Crippen LogP contribution in [0.25, 0.3) is 0 Å². The maximum atomic E-state index is 11.9. The highest BCUT2D eigenvalue weighted by atomic mass is 16.6. The number of rotatable bonds is 3. The number of hydrogen-bond acceptors (Lipinski definition) is 3. The first-order valence-electron chi connectivity index (χ1n) is 6.31. The van der Waals surface area contributed by atoms with E-state index >= 15 is 0 Å². The van der Waals surface area contributed by atoms with Crippen molar-refractivity contribution in [3.8, 4) is 0 Å². The van der Waals surface area contributed by atoms with Gasteiger partial charge in [0.25, 0.3) is 0 Å². The van der Waals surface area contributed by atoms with Crippen molar-refractivity contribution in [1.82, 2.24) is 0 Å². The fraction of sp³-hybridized carbons (Fsp3) is 0.467. The van der Waals surface area contributed by atoms with Crippen LogP contribution in [-0.4, -0.2) is 11.9 Å². The Morgan fingerprint density at radius 2 is 1.78 bits per heavy atom. The van der Waals surface area contributed by atoms with Crippen molar-refractivity contribution in [1.29, 1.82) is 0 Å². The smallest absolute Gasteiger partial charge is 0.318 e. The fourth-order valence-corrected chi connectivity index (χ4v) is 2.83. The molecule has 0 radical (unpaired) electrons. The molecule has 3 unspecified atom stereocenters. The Morgan fingerprint density at radius 3 is 2.22 bits per heavy atom. The van der Waals surface area contributed by atoms with Gasteiger partial charge in [-0.15, -0.1) is 0 Å². The van der Waals surface area contributed by atoms with Crippen LogP contribution in [0.2, 0.25) is 0 Å². The summed E-state index contributed by atoms with van der Waals surface area (Å²) in [5, 5.41) is 0. The number of esters is 2. The van der Waals surface area contributed by atoms with Gasteiger partial charge in [-0.3, -0.25) is 9.59 Å². The number of carbonyl (C=O) groups is 2. The van der Waals surface area contributed by atoms with E-state index in [-0.39, 0.29) is 17.3 Å². The Balaban J connectivity index is 2.45. The predicted octanol–water partition coefficient (Wildman–Crippen LogP) is 2.69. The zero-order valence-corrected chi connectivity index (χ0v) is 11.0. The number of ether oxygens (including phenoxy) is 1. The van der Waals surface area contributed by atoms with Gasteiger partial charge in [0.2, 0.25) is 0 Å². The lowest BCUT2D eigenvalue weighted by Crippen LogP contribution is -2.38. The second-order valence-electron chi connectivity index (χ2n) is 5.14. The summed E-state index contributed by atoms with van der Waals surface area (Å²) in [6.45, 7) is 5.84. The van der Waals surface area contributed by atoms with E-state index < -0.39 is 11.9 Å². The van der Waals surface area contributed by atoms with E-state index in [0.717, 1.165) is 12.0 Å². The van der Waals surface area contributed by atoms with Crippen molar-refractivity contribution < 1.29 is 14.3 Å². The lowest BCUT2D eigenvalue weighted by atomic mass is 9.66. The molecule has 1 aliphatic heterocycles. The van der Waals surface area contributed by atoms with Gasteiger partial charge in [-0.05, 0) is 12.0 Å². The molecular formula is C15H18O3. The van der Waals surface area contributed by atoms with Crippen LogP contribution < -0.4 is 0 Å². The van der Waals surface area contributed by atoms with E-state index in [4.69, 9.17) is 4.74 Å². The molecule has 3 heteroatoms. The molecule has 0 N–H and O–H groups in total. The SMILES string of the molecule is CCC(C)(c1ccccc1)C1C(=O)OC(=O)C1C. The second kappa shape index (κ2) is 4.56. The molecule has 1 aliphatic rings. The molecule has 1 aromatic carbocycles. The molecular weight excluding hydrogens is 228 g/mol. The maximum absolute atomic E-state index is 11.9. The number of benzene rings is 1. The molecule has 96 valence electrons. The molecule has 18 heavy (non-hydrogen) atoms. The lowest BCUT2D eigenvalue weighted by molar-refractivity contribution is -0.154. The highest BCUT2D eigenvalue weighted by Crippen LogP contribution is 2.43. The van der Waals surface area contributed by atoms with Gasteiger partial charge in [0.1, 0.15) is 0 Å². The third kappa shape index (κ3) is 1.84. The third-order valence-electron chi connectivity index (χ3n) is 4.18. The molecule has 0 amide bonds. The quantitative estimate of drug-likeness (QED) is 0.608. The Morgan fingerprint density at radius 1 is 1.17 bits per heavy atom. The van der Waals surface area contributed by atoms with Crippen LogP contribution in [0.3, 0.4) is 0 Å². The summed E-state index contributed by atoms with van der Waals surface area (Å²) in [6.07, 6.45) is 0.786. The van der Waals surface area contributed by atoms with Gasteiger partial charge in [-0.25, -0.2) is 0 Å². The standard InChI is InChI=1S/C15H18O3/c1-4-15(3,11-8-6-5-7-9-11)12-10(2)13(16)18-14(12)17/h5-10,12H,4H2,1-3H3. The van der Waals surface area contributed by atoms with Gasteiger partial charge >= 0.3 is 11.9 Å². The first-order chi connectivity index (χ1) is 8.50. The third-order valence-corrected chi connectivity index (χ3v) is 4.18. The first kappa shape index (κ1) is 12.8. The molecule has 1 fully saturated rings. The minimum Gasteiger partial charge on any atom is -0.393 e. The average Bonchev–Trinajstić information content (AvgIpc) is 2.64. The van der Waals surface area contributed by atoms with Crippen LogP contribution in [0.15, 0.2) is 30.3 Å². The highest BCUT2D eigenvalue weighted by molar-refractivity contribution is 5.97. The zero-order valence-electron chi connectivity index (χ0n) is 11.0. The largest absolute Gasteiger partial charge is 0.393 e. The summed E-state index contributed by atoms with van der Waals surface area (Å²) >= 11 is 0. The van der Waals surface area contributed by atoms with E-state index in [0.29, 0.717) is 0 Å². The molecule has 0 aromatic heterocycles. The van der Waals surface area contributed by atoms with Gasteiger partial charge in [0.15, 0.2) is 0 Å². The predicted molar refractivity (Wildman–Crippen MR) is 67.8 cm³/mol. The van der Waals surface area contributed by atoms with E-state index in [1.54, 1.807) is 6.92 Å². The monoisotopic (exact) mass is 246 g/mol. The lowest BCUT2D eigenvalue weighted by Gasteiger charge is -2.34. The van der Waals surface area contributed by atoms with E-state index in [9.17, 15) is 9.59 Å². The van der Waals surface area contributed by atoms with Crippen molar-refractivity contribution in [2.45, 2.75) is 32.6 Å². The first-order valence-corrected chi connectivity index (χ1v) is 6.31. The normalized spacial score (nSPS) is 26.8. The molecule has 0 aliphatic carbocycles. The van der Waals surface area contributed by atoms with Crippen LogP contribution in [-0.2, 0) is 19.7 Å². The van der Waals surface area contributed by atoms with Crippen LogP contribution in [0.1, 0.15) is 32.8 Å². The Bertz CT molecular complexity index is 466. The van der Waals surface area contributed by atoms with Crippen molar-refractivity contribution in [3.63, 3.8) is 0 Å². The van der Waals surface area contributed by atoms with Gasteiger partial charge in [0, 0.05) is 5.41 Å². The van der Waals surface area contributed by atoms with Crippen molar-refractivity contribution >= 4 is 11.9 Å². The summed E-state index contributed by atoms with van der Waals surface area (Å²) in [5.41, 5.74) is 0.722. The summed E-state index contributed by atoms with van der Waals surface area (Å²) in [6, 6.07) is 9.87. The van der Waals surface area contributed by atoms with Crippen molar-refractivity contribution in [3.05, 3.63) is 35.9 Å². The summed E-state index contributed by atoms with van der Waals surface area (Å²) in [4.78, 5) is 23.5. The molecule has 1 aromatic rings. The van der Waals surface area contributed by atoms with E-state index in [1.165, 1.54) is 0 Å². The average molecular weight is 246 g/mol. The number of hydrogen-bond donors (Lipinski definition) is 0. The molecule has 0 bridgehead atoms. The summed E-state index contributed by atoms with van der Waals surface area (Å²) in [5.74, 6) is -1.55. The number of carbonyl (C=O) groups excluding carboxylic acids is 2. The van der Waals surface area contributed by atoms with Gasteiger partial charge in [-0.1, -0.05) is 51.1 Å².